The summed E-state index contributed by atoms with van der Waals surface area (Å²) in [6.07, 6.45) is 3.72. The number of methoxy groups -OCH3 is 3. The number of amides is 1. The van der Waals surface area contributed by atoms with E-state index in [1.165, 1.54) is 11.8 Å². The van der Waals surface area contributed by atoms with Gasteiger partial charge in [0.25, 0.3) is 0 Å². The first-order chi connectivity index (χ1) is 26.5. The lowest BCUT2D eigenvalue weighted by atomic mass is 9.84. The molecule has 1 amide bonds. The van der Waals surface area contributed by atoms with Gasteiger partial charge < -0.3 is 34.5 Å². The molecule has 0 saturated heterocycles. The molecule has 0 bridgehead atoms. The first-order valence-electron chi connectivity index (χ1n) is 17.8. The molecule has 0 aliphatic heterocycles. The summed E-state index contributed by atoms with van der Waals surface area (Å²) >= 11 is 1.73. The summed E-state index contributed by atoms with van der Waals surface area (Å²) in [6.45, 7) is 6.06. The highest BCUT2D eigenvalue weighted by atomic mass is 32.2. The van der Waals surface area contributed by atoms with Crippen LogP contribution in [-0.4, -0.2) is 89.9 Å². The number of anilines is 3. The fraction of sp³-hybridized carbons (Fsp3) is 0.341. The fourth-order valence-electron chi connectivity index (χ4n) is 5.99. The van der Waals surface area contributed by atoms with Gasteiger partial charge in [0.15, 0.2) is 6.29 Å². The van der Waals surface area contributed by atoms with Crippen molar-refractivity contribution in [1.29, 1.82) is 0 Å². The van der Waals surface area contributed by atoms with E-state index in [0.29, 0.717) is 29.8 Å². The van der Waals surface area contributed by atoms with Crippen molar-refractivity contribution < 1.29 is 28.5 Å². The van der Waals surface area contributed by atoms with Crippen LogP contribution in [0.3, 0.4) is 0 Å². The quantitative estimate of drug-likeness (QED) is 0.0562. The number of benzene rings is 3. The number of carbonyl (C=O) groups is 2. The molecule has 0 spiro atoms. The van der Waals surface area contributed by atoms with Gasteiger partial charge in [0.1, 0.15) is 18.0 Å². The predicted octanol–water partition coefficient (Wildman–Crippen LogP) is 6.63. The van der Waals surface area contributed by atoms with Gasteiger partial charge >= 0.3 is 12.1 Å². The Morgan fingerprint density at radius 1 is 0.836 bits per heavy atom. The SMILES string of the molecule is COC(=O)Cn1cc(Nc2nccc(N(CC(OC)OC)C[C@@H](CSC(c3ccccc3)(c3ccccc3)c3ccccc3)NC(=O)OC(C)(C)C)n2)cn1. The minimum atomic E-state index is -0.710. The van der Waals surface area contributed by atoms with Crippen molar-refractivity contribution in [3.8, 4) is 0 Å². The highest BCUT2D eigenvalue weighted by Gasteiger charge is 2.38. The minimum absolute atomic E-state index is 0.0353. The zero-order valence-corrected chi connectivity index (χ0v) is 32.9. The average Bonchev–Trinajstić information content (AvgIpc) is 3.63. The van der Waals surface area contributed by atoms with Crippen LogP contribution in [-0.2, 0) is 35.0 Å². The Labute approximate surface area is 326 Å². The molecule has 5 aromatic rings. The van der Waals surface area contributed by atoms with Gasteiger partial charge in [-0.05, 0) is 43.5 Å². The van der Waals surface area contributed by atoms with Crippen LogP contribution in [0, 0.1) is 0 Å². The number of hydrogen-bond donors (Lipinski definition) is 2. The number of aromatic nitrogens is 4. The highest BCUT2D eigenvalue weighted by molar-refractivity contribution is 8.00. The largest absolute Gasteiger partial charge is 0.468 e. The molecule has 2 heterocycles. The van der Waals surface area contributed by atoms with E-state index < -0.39 is 34.7 Å². The molecule has 0 unspecified atom stereocenters. The summed E-state index contributed by atoms with van der Waals surface area (Å²) in [6, 6.07) is 32.5. The Hall–Kier alpha value is -5.44. The van der Waals surface area contributed by atoms with Crippen LogP contribution < -0.4 is 15.5 Å². The summed E-state index contributed by atoms with van der Waals surface area (Å²) in [5.74, 6) is 0.902. The molecule has 55 heavy (non-hydrogen) atoms. The smallest absolute Gasteiger partial charge is 0.407 e. The third-order valence-electron chi connectivity index (χ3n) is 8.47. The van der Waals surface area contributed by atoms with E-state index in [9.17, 15) is 9.59 Å². The highest BCUT2D eigenvalue weighted by Crippen LogP contribution is 2.48. The lowest BCUT2D eigenvalue weighted by Crippen LogP contribution is -2.49. The van der Waals surface area contributed by atoms with E-state index in [1.54, 1.807) is 50.6 Å². The Kier molecular flexibility index (Phi) is 14.3. The molecule has 13 nitrogen and oxygen atoms in total. The van der Waals surface area contributed by atoms with Crippen molar-refractivity contribution in [3.63, 3.8) is 0 Å². The van der Waals surface area contributed by atoms with E-state index in [0.717, 1.165) is 16.7 Å². The van der Waals surface area contributed by atoms with Crippen LogP contribution in [0.5, 0.6) is 0 Å². The molecule has 2 aromatic heterocycles. The third kappa shape index (κ3) is 11.3. The summed E-state index contributed by atoms with van der Waals surface area (Å²) in [7, 11) is 4.48. The Bertz CT molecular complexity index is 1840. The zero-order valence-electron chi connectivity index (χ0n) is 32.0. The van der Waals surface area contributed by atoms with E-state index in [2.05, 4.69) is 93.5 Å². The molecular weight excluding hydrogens is 719 g/mol. The summed E-state index contributed by atoms with van der Waals surface area (Å²) in [5, 5.41) is 10.6. The van der Waals surface area contributed by atoms with Crippen molar-refractivity contribution in [2.75, 3.05) is 50.4 Å². The maximum Gasteiger partial charge on any atom is 0.407 e. The van der Waals surface area contributed by atoms with Gasteiger partial charge in [-0.1, -0.05) is 91.0 Å². The number of nitrogens with zero attached hydrogens (tertiary/aromatic N) is 5. The number of nitrogens with one attached hydrogen (secondary N) is 2. The van der Waals surface area contributed by atoms with Gasteiger partial charge in [0.05, 0.1) is 36.3 Å². The third-order valence-corrected chi connectivity index (χ3v) is 10.2. The van der Waals surface area contributed by atoms with Gasteiger partial charge in [-0.3, -0.25) is 9.48 Å². The molecule has 1 atom stereocenters. The molecular formula is C41H49N7O6S. The fourth-order valence-corrected chi connectivity index (χ4v) is 7.54. The molecule has 14 heteroatoms. The van der Waals surface area contributed by atoms with Crippen LogP contribution in [0.25, 0.3) is 0 Å². The molecule has 0 aliphatic rings. The van der Waals surface area contributed by atoms with Crippen LogP contribution in [0.4, 0.5) is 22.2 Å². The number of hydrogen-bond acceptors (Lipinski definition) is 12. The van der Waals surface area contributed by atoms with Gasteiger partial charge in [0.2, 0.25) is 5.95 Å². The molecule has 290 valence electrons. The number of thioether (sulfide) groups is 1. The molecule has 0 fully saturated rings. The Morgan fingerprint density at radius 3 is 1.95 bits per heavy atom. The second-order valence-electron chi connectivity index (χ2n) is 13.6. The van der Waals surface area contributed by atoms with Crippen molar-refractivity contribution in [3.05, 3.63) is 132 Å². The van der Waals surface area contributed by atoms with Gasteiger partial charge in [-0.25, -0.2) is 9.78 Å². The molecule has 0 saturated carbocycles. The van der Waals surface area contributed by atoms with E-state index in [1.807, 2.05) is 43.9 Å². The van der Waals surface area contributed by atoms with E-state index in [4.69, 9.17) is 23.9 Å². The van der Waals surface area contributed by atoms with E-state index in [-0.39, 0.29) is 13.1 Å². The summed E-state index contributed by atoms with van der Waals surface area (Å²) in [4.78, 5) is 36.5. The number of alkyl carbamates (subject to hydrolysis) is 1. The molecule has 3 aromatic carbocycles. The van der Waals surface area contributed by atoms with Crippen LogP contribution in [0.1, 0.15) is 37.5 Å². The number of carbonyl (C=O) groups excluding carboxylic acids is 2. The van der Waals surface area contributed by atoms with E-state index >= 15 is 0 Å². The normalized spacial score (nSPS) is 12.2. The minimum Gasteiger partial charge on any atom is -0.468 e. The van der Waals surface area contributed by atoms with Gasteiger partial charge in [-0.2, -0.15) is 10.1 Å². The molecule has 0 radical (unpaired) electrons. The van der Waals surface area contributed by atoms with Crippen molar-refractivity contribution >= 4 is 41.3 Å². The zero-order chi connectivity index (χ0) is 39.3. The molecule has 5 rings (SSSR count). The lowest BCUT2D eigenvalue weighted by Gasteiger charge is -2.38. The molecule has 2 N–H and O–H groups in total. The van der Waals surface area contributed by atoms with Crippen molar-refractivity contribution in [2.24, 2.45) is 0 Å². The summed E-state index contributed by atoms with van der Waals surface area (Å²) < 4.78 is 22.7. The van der Waals surface area contributed by atoms with Crippen molar-refractivity contribution in [2.45, 2.75) is 50.0 Å². The average molecular weight is 768 g/mol. The first-order valence-corrected chi connectivity index (χ1v) is 18.8. The monoisotopic (exact) mass is 767 g/mol. The first kappa shape index (κ1) is 40.7. The van der Waals surface area contributed by atoms with Crippen LogP contribution in [0.15, 0.2) is 116 Å². The second kappa shape index (κ2) is 19.2. The number of rotatable bonds is 18. The molecule has 0 aliphatic carbocycles. The van der Waals surface area contributed by atoms with Crippen molar-refractivity contribution in [1.82, 2.24) is 25.1 Å². The van der Waals surface area contributed by atoms with Gasteiger partial charge in [-0.15, -0.1) is 11.8 Å². The lowest BCUT2D eigenvalue weighted by molar-refractivity contribution is -0.141. The summed E-state index contributed by atoms with van der Waals surface area (Å²) in [5.41, 5.74) is 3.18. The number of esters is 1. The van der Waals surface area contributed by atoms with Crippen LogP contribution in [0.2, 0.25) is 0 Å². The maximum atomic E-state index is 13.5. The van der Waals surface area contributed by atoms with Crippen LogP contribution >= 0.6 is 11.8 Å². The topological polar surface area (TPSA) is 142 Å². The standard InChI is InChI=1S/C41H49N7O6S/c1-40(2,3)54-39(50)45-34(29-55-41(30-16-10-7-11-17-30,31-18-12-8-13-19-31)32-20-14-9-15-21-32)25-47(28-37(52-5)53-6)35-22-23-42-38(46-35)44-33-24-43-48(26-33)27-36(49)51-4/h7-24,26,34,37H,25,27-29H2,1-6H3,(H,45,50)(H,42,44,46)/t34-/m0/s1. The Balaban J connectivity index is 1.51. The Morgan fingerprint density at radius 2 is 1.42 bits per heavy atom. The second-order valence-corrected chi connectivity index (χ2v) is 14.8. The maximum absolute atomic E-state index is 13.5. The number of ether oxygens (including phenoxy) is 4. The predicted molar refractivity (Wildman–Crippen MR) is 214 cm³/mol. The van der Waals surface area contributed by atoms with Gasteiger partial charge in [0, 0.05) is 38.9 Å².